The first-order chi connectivity index (χ1) is 6.38. The Bertz CT molecular complexity index is 292. The highest BCUT2D eigenvalue weighted by Crippen LogP contribution is 2.22. The minimum absolute atomic E-state index is 0.238. The van der Waals surface area contributed by atoms with Crippen molar-refractivity contribution in [1.29, 1.82) is 0 Å². The molecule has 0 unspecified atom stereocenters. The van der Waals surface area contributed by atoms with E-state index in [0.717, 1.165) is 5.56 Å². The van der Waals surface area contributed by atoms with Crippen LogP contribution in [-0.4, -0.2) is 11.3 Å². The van der Waals surface area contributed by atoms with E-state index in [1.807, 2.05) is 13.8 Å². The van der Waals surface area contributed by atoms with Crippen LogP contribution >= 0.6 is 0 Å². The molecule has 0 amide bonds. The Morgan fingerprint density at radius 2 is 1.93 bits per heavy atom. The summed E-state index contributed by atoms with van der Waals surface area (Å²) in [5, 5.41) is 0. The van der Waals surface area contributed by atoms with E-state index in [1.54, 1.807) is 6.07 Å². The van der Waals surface area contributed by atoms with Gasteiger partial charge < -0.3 is 4.74 Å². The number of ether oxygens (including phenoxy) is 1. The maximum Gasteiger partial charge on any atom is 0.574 e. The minimum Gasteiger partial charge on any atom is -0.388 e. The second-order valence-corrected chi connectivity index (χ2v) is 3.13. The molecule has 14 heavy (non-hydrogen) atoms. The molecule has 1 heterocycles. The Morgan fingerprint density at radius 3 is 2.29 bits per heavy atom. The molecule has 1 aromatic heterocycles. The molecule has 0 spiro atoms. The fourth-order valence-corrected chi connectivity index (χ4v) is 0.912. The quantitative estimate of drug-likeness (QED) is 0.740. The molecule has 0 aliphatic rings. The van der Waals surface area contributed by atoms with Crippen LogP contribution in [0, 0.1) is 0 Å². The van der Waals surface area contributed by atoms with Crippen molar-refractivity contribution in [3.05, 3.63) is 23.9 Å². The Labute approximate surface area is 79.7 Å². The molecule has 0 aromatic carbocycles. The van der Waals surface area contributed by atoms with Crippen LogP contribution < -0.4 is 4.74 Å². The van der Waals surface area contributed by atoms with Crippen molar-refractivity contribution in [3.8, 4) is 5.88 Å². The molecule has 0 atom stereocenters. The van der Waals surface area contributed by atoms with Gasteiger partial charge in [-0.1, -0.05) is 19.9 Å². The van der Waals surface area contributed by atoms with Crippen molar-refractivity contribution in [2.45, 2.75) is 26.1 Å². The number of hydrogen-bond donors (Lipinski definition) is 0. The zero-order chi connectivity index (χ0) is 10.8. The third-order valence-electron chi connectivity index (χ3n) is 1.65. The normalized spacial score (nSPS) is 11.9. The summed E-state index contributed by atoms with van der Waals surface area (Å²) in [6.07, 6.45) is -3.29. The summed E-state index contributed by atoms with van der Waals surface area (Å²) in [6, 6.07) is 2.78. The molecule has 0 N–H and O–H groups in total. The highest BCUT2D eigenvalue weighted by Gasteiger charge is 2.31. The van der Waals surface area contributed by atoms with Gasteiger partial charge in [0.2, 0.25) is 5.88 Å². The predicted octanol–water partition coefficient (Wildman–Crippen LogP) is 3.10. The number of aromatic nitrogens is 1. The van der Waals surface area contributed by atoms with Crippen molar-refractivity contribution in [2.75, 3.05) is 0 Å². The van der Waals surface area contributed by atoms with Crippen molar-refractivity contribution in [1.82, 2.24) is 4.98 Å². The van der Waals surface area contributed by atoms with Crippen LogP contribution in [0.1, 0.15) is 25.3 Å². The molecule has 1 rings (SSSR count). The first-order valence-corrected chi connectivity index (χ1v) is 4.10. The van der Waals surface area contributed by atoms with Gasteiger partial charge in [0.1, 0.15) is 0 Å². The van der Waals surface area contributed by atoms with Gasteiger partial charge in [-0.3, -0.25) is 0 Å². The van der Waals surface area contributed by atoms with Gasteiger partial charge in [0, 0.05) is 12.3 Å². The van der Waals surface area contributed by atoms with Crippen LogP contribution in [0.3, 0.4) is 0 Å². The van der Waals surface area contributed by atoms with Gasteiger partial charge in [-0.15, -0.1) is 13.2 Å². The molecule has 0 radical (unpaired) electrons. The van der Waals surface area contributed by atoms with Gasteiger partial charge in [-0.25, -0.2) is 4.98 Å². The zero-order valence-corrected chi connectivity index (χ0v) is 7.80. The van der Waals surface area contributed by atoms with Gasteiger partial charge in [0.05, 0.1) is 0 Å². The van der Waals surface area contributed by atoms with Gasteiger partial charge in [0.15, 0.2) is 0 Å². The molecule has 0 saturated heterocycles. The lowest BCUT2D eigenvalue weighted by Gasteiger charge is -2.09. The molecule has 0 saturated carbocycles. The third kappa shape index (κ3) is 3.24. The number of halogens is 3. The third-order valence-corrected chi connectivity index (χ3v) is 1.65. The van der Waals surface area contributed by atoms with Crippen LogP contribution in [0.4, 0.5) is 13.2 Å². The fourth-order valence-electron chi connectivity index (χ4n) is 0.912. The van der Waals surface area contributed by atoms with E-state index < -0.39 is 12.2 Å². The summed E-state index contributed by atoms with van der Waals surface area (Å²) in [6.45, 7) is 3.86. The second-order valence-electron chi connectivity index (χ2n) is 3.13. The van der Waals surface area contributed by atoms with E-state index in [-0.39, 0.29) is 5.92 Å². The van der Waals surface area contributed by atoms with E-state index in [9.17, 15) is 13.2 Å². The zero-order valence-electron chi connectivity index (χ0n) is 7.80. The van der Waals surface area contributed by atoms with Crippen molar-refractivity contribution >= 4 is 0 Å². The summed E-state index contributed by atoms with van der Waals surface area (Å²) in [7, 11) is 0. The van der Waals surface area contributed by atoms with E-state index in [2.05, 4.69) is 9.72 Å². The van der Waals surface area contributed by atoms with E-state index in [0.29, 0.717) is 0 Å². The van der Waals surface area contributed by atoms with E-state index in [1.165, 1.54) is 12.3 Å². The van der Waals surface area contributed by atoms with E-state index in [4.69, 9.17) is 0 Å². The Morgan fingerprint density at radius 1 is 1.29 bits per heavy atom. The molecule has 0 aliphatic heterocycles. The average molecular weight is 205 g/mol. The van der Waals surface area contributed by atoms with Gasteiger partial charge in [0.25, 0.3) is 0 Å². The van der Waals surface area contributed by atoms with Crippen molar-refractivity contribution in [3.63, 3.8) is 0 Å². The SMILES string of the molecule is CC(C)c1ccc(OC(F)(F)F)nc1. The molecule has 0 fully saturated rings. The van der Waals surface area contributed by atoms with Crippen molar-refractivity contribution < 1.29 is 17.9 Å². The number of alkyl halides is 3. The van der Waals surface area contributed by atoms with Crippen LogP contribution in [0.2, 0.25) is 0 Å². The Kier molecular flexibility index (Phi) is 2.98. The lowest BCUT2D eigenvalue weighted by Crippen LogP contribution is -2.17. The summed E-state index contributed by atoms with van der Waals surface area (Å²) in [5.41, 5.74) is 0.875. The standard InChI is InChI=1S/C9H10F3NO/c1-6(2)7-3-4-8(13-5-7)14-9(10,11)12/h3-6H,1-2H3. The van der Waals surface area contributed by atoms with Gasteiger partial charge >= 0.3 is 6.36 Å². The molecule has 0 bridgehead atoms. The summed E-state index contributed by atoms with van der Waals surface area (Å²) in [4.78, 5) is 3.54. The van der Waals surface area contributed by atoms with Crippen LogP contribution in [-0.2, 0) is 0 Å². The maximum atomic E-state index is 11.7. The molecule has 1 aromatic rings. The van der Waals surface area contributed by atoms with Crippen molar-refractivity contribution in [2.24, 2.45) is 0 Å². The van der Waals surface area contributed by atoms with Crippen LogP contribution in [0.25, 0.3) is 0 Å². The number of nitrogens with zero attached hydrogens (tertiary/aromatic N) is 1. The lowest BCUT2D eigenvalue weighted by atomic mass is 10.1. The molecule has 78 valence electrons. The van der Waals surface area contributed by atoms with Crippen LogP contribution in [0.5, 0.6) is 5.88 Å². The first-order valence-electron chi connectivity index (χ1n) is 4.10. The minimum atomic E-state index is -4.67. The molecular formula is C9H10F3NO. The second kappa shape index (κ2) is 3.86. The number of pyridine rings is 1. The summed E-state index contributed by atoms with van der Waals surface area (Å²) < 4.78 is 38.8. The Hall–Kier alpha value is -1.26. The molecule has 0 aliphatic carbocycles. The van der Waals surface area contributed by atoms with Crippen LogP contribution in [0.15, 0.2) is 18.3 Å². The monoisotopic (exact) mass is 205 g/mol. The van der Waals surface area contributed by atoms with E-state index >= 15 is 0 Å². The largest absolute Gasteiger partial charge is 0.574 e. The maximum absolute atomic E-state index is 11.7. The first kappa shape index (κ1) is 10.8. The number of rotatable bonds is 2. The fraction of sp³-hybridized carbons (Fsp3) is 0.444. The lowest BCUT2D eigenvalue weighted by molar-refractivity contribution is -0.276. The Balaban J connectivity index is 2.74. The predicted molar refractivity (Wildman–Crippen MR) is 45.0 cm³/mol. The topological polar surface area (TPSA) is 22.1 Å². The highest BCUT2D eigenvalue weighted by molar-refractivity contribution is 5.20. The van der Waals surface area contributed by atoms with Gasteiger partial charge in [-0.05, 0) is 11.5 Å². The molecule has 2 nitrogen and oxygen atoms in total. The number of hydrogen-bond acceptors (Lipinski definition) is 2. The molecule has 5 heteroatoms. The van der Waals surface area contributed by atoms with Gasteiger partial charge in [-0.2, -0.15) is 0 Å². The summed E-state index contributed by atoms with van der Waals surface area (Å²) >= 11 is 0. The highest BCUT2D eigenvalue weighted by atomic mass is 19.4. The average Bonchev–Trinajstić information content (AvgIpc) is 2.02. The molecular weight excluding hydrogens is 195 g/mol. The smallest absolute Gasteiger partial charge is 0.388 e. The summed E-state index contributed by atoms with van der Waals surface area (Å²) in [5.74, 6) is -0.190.